The first-order chi connectivity index (χ1) is 16.2. The van der Waals surface area contributed by atoms with Crippen molar-refractivity contribution in [3.8, 4) is 5.88 Å². The van der Waals surface area contributed by atoms with E-state index in [0.29, 0.717) is 24.6 Å². The van der Waals surface area contributed by atoms with Gasteiger partial charge >= 0.3 is 0 Å². The molecular weight excluding hydrogens is 408 g/mol. The Morgan fingerprint density at radius 2 is 1.42 bits per heavy atom. The van der Waals surface area contributed by atoms with Gasteiger partial charge < -0.3 is 10.1 Å². The predicted molar refractivity (Wildman–Crippen MR) is 132 cm³/mol. The fraction of sp³-hybridized carbons (Fsp3) is 0.103. The van der Waals surface area contributed by atoms with E-state index in [0.717, 1.165) is 16.7 Å². The molecule has 0 aliphatic carbocycles. The maximum absolute atomic E-state index is 14.1. The topological polar surface area (TPSA) is 51.2 Å². The average molecular weight is 435 g/mol. The molecule has 4 nitrogen and oxygen atoms in total. The normalized spacial score (nSPS) is 10.9. The third-order valence-electron chi connectivity index (χ3n) is 5.58. The minimum absolute atomic E-state index is 0.120. The van der Waals surface area contributed by atoms with Gasteiger partial charge in [0.1, 0.15) is 12.0 Å². The summed E-state index contributed by atoms with van der Waals surface area (Å²) < 4.78 is 5.46. The number of carbonyl (C=O) groups is 1. The van der Waals surface area contributed by atoms with Crippen LogP contribution >= 0.6 is 0 Å². The maximum Gasteiger partial charge on any atom is 0.239 e. The molecule has 0 atom stereocenters. The second-order valence-corrected chi connectivity index (χ2v) is 7.74. The number of hydrogen-bond acceptors (Lipinski definition) is 3. The van der Waals surface area contributed by atoms with E-state index in [-0.39, 0.29) is 5.91 Å². The van der Waals surface area contributed by atoms with Crippen molar-refractivity contribution in [1.82, 2.24) is 4.98 Å². The third-order valence-corrected chi connectivity index (χ3v) is 5.58. The second-order valence-electron chi connectivity index (χ2n) is 7.74. The number of nitrogens with zero attached hydrogens (tertiary/aromatic N) is 1. The van der Waals surface area contributed by atoms with Gasteiger partial charge in [-0.15, -0.1) is 0 Å². The first-order valence-corrected chi connectivity index (χ1v) is 10.9. The van der Waals surface area contributed by atoms with Crippen LogP contribution in [0.5, 0.6) is 5.88 Å². The van der Waals surface area contributed by atoms with Crippen molar-refractivity contribution in [2.45, 2.75) is 11.8 Å². The number of ether oxygens (including phenoxy) is 1. The van der Waals surface area contributed by atoms with Crippen LogP contribution in [0, 0.1) is 0 Å². The van der Waals surface area contributed by atoms with Crippen molar-refractivity contribution in [3.05, 3.63) is 139 Å². The maximum atomic E-state index is 14.1. The smallest absolute Gasteiger partial charge is 0.239 e. The molecule has 4 aromatic rings. The van der Waals surface area contributed by atoms with Crippen LogP contribution in [-0.4, -0.2) is 17.5 Å². The molecular formula is C29H26N2O2. The number of benzene rings is 3. The van der Waals surface area contributed by atoms with Crippen LogP contribution < -0.4 is 10.1 Å². The fourth-order valence-corrected chi connectivity index (χ4v) is 3.98. The number of nitrogens with one attached hydrogen (secondary N) is 1. The summed E-state index contributed by atoms with van der Waals surface area (Å²) in [6.07, 6.45) is 3.79. The molecule has 0 radical (unpaired) electrons. The summed E-state index contributed by atoms with van der Waals surface area (Å²) in [6, 6.07) is 33.5. The Hall–Kier alpha value is -4.18. The quantitative estimate of drug-likeness (QED) is 0.338. The molecule has 164 valence electrons. The molecule has 0 spiro atoms. The van der Waals surface area contributed by atoms with E-state index in [1.165, 1.54) is 0 Å². The van der Waals surface area contributed by atoms with Crippen molar-refractivity contribution in [1.29, 1.82) is 0 Å². The van der Waals surface area contributed by atoms with E-state index < -0.39 is 5.41 Å². The zero-order valence-corrected chi connectivity index (χ0v) is 18.4. The van der Waals surface area contributed by atoms with Crippen LogP contribution in [0.3, 0.4) is 0 Å². The van der Waals surface area contributed by atoms with Gasteiger partial charge in [-0.3, -0.25) is 4.79 Å². The summed E-state index contributed by atoms with van der Waals surface area (Å²) in [5.41, 5.74) is 2.61. The van der Waals surface area contributed by atoms with Crippen LogP contribution in [0.25, 0.3) is 0 Å². The molecule has 0 aliphatic rings. The van der Waals surface area contributed by atoms with Crippen molar-refractivity contribution in [2.24, 2.45) is 0 Å². The molecule has 0 unspecified atom stereocenters. The van der Waals surface area contributed by atoms with Crippen LogP contribution in [0.4, 0.5) is 5.69 Å². The first kappa shape index (κ1) is 22.0. The van der Waals surface area contributed by atoms with Crippen LogP contribution in [-0.2, 0) is 16.6 Å². The van der Waals surface area contributed by atoms with Gasteiger partial charge in [0.25, 0.3) is 0 Å². The molecule has 0 bridgehead atoms. The highest BCUT2D eigenvalue weighted by Gasteiger charge is 2.42. The summed E-state index contributed by atoms with van der Waals surface area (Å²) in [5.74, 6) is 0.361. The fourth-order valence-electron chi connectivity index (χ4n) is 3.98. The van der Waals surface area contributed by atoms with E-state index in [1.54, 1.807) is 24.4 Å². The zero-order chi connectivity index (χ0) is 22.9. The third kappa shape index (κ3) is 5.01. The van der Waals surface area contributed by atoms with Gasteiger partial charge in [-0.1, -0.05) is 104 Å². The Morgan fingerprint density at radius 3 is 1.94 bits per heavy atom. The Balaban J connectivity index is 1.77. The highest BCUT2D eigenvalue weighted by molar-refractivity contribution is 6.02. The van der Waals surface area contributed by atoms with Gasteiger partial charge in [0.05, 0.1) is 11.9 Å². The van der Waals surface area contributed by atoms with Gasteiger partial charge in [0.15, 0.2) is 0 Å². The SMILES string of the molecule is C=CCOc1ccc(NC(=O)C(Cc2ccccc2)(c2ccccc2)c2ccccc2)cn1. The molecule has 3 aromatic carbocycles. The number of carbonyl (C=O) groups excluding carboxylic acids is 1. The average Bonchev–Trinajstić information content (AvgIpc) is 2.88. The van der Waals surface area contributed by atoms with Gasteiger partial charge in [0.2, 0.25) is 11.8 Å². The molecule has 1 heterocycles. The zero-order valence-electron chi connectivity index (χ0n) is 18.4. The number of rotatable bonds is 9. The summed E-state index contributed by atoms with van der Waals surface area (Å²) in [4.78, 5) is 18.4. The standard InChI is InChI=1S/C29H26N2O2/c1-2-20-33-27-19-18-26(22-30-27)31-28(32)29(24-14-8-4-9-15-24,25-16-10-5-11-17-25)21-23-12-6-3-7-13-23/h2-19,22H,1,20-21H2,(H,31,32). The van der Waals surface area contributed by atoms with Crippen LogP contribution in [0.1, 0.15) is 16.7 Å². The molecule has 0 fully saturated rings. The predicted octanol–water partition coefficient (Wildman–Crippen LogP) is 5.81. The van der Waals surface area contributed by atoms with Crippen LogP contribution in [0.15, 0.2) is 122 Å². The Bertz CT molecular complexity index is 1140. The van der Waals surface area contributed by atoms with Crippen molar-refractivity contribution >= 4 is 11.6 Å². The number of aromatic nitrogens is 1. The minimum atomic E-state index is -0.929. The largest absolute Gasteiger partial charge is 0.473 e. The summed E-state index contributed by atoms with van der Waals surface area (Å²) in [6.45, 7) is 4.02. The lowest BCUT2D eigenvalue weighted by atomic mass is 9.69. The van der Waals surface area contributed by atoms with Crippen molar-refractivity contribution in [3.63, 3.8) is 0 Å². The molecule has 33 heavy (non-hydrogen) atoms. The Kier molecular flexibility index (Phi) is 6.96. The van der Waals surface area contributed by atoms with Gasteiger partial charge in [-0.05, 0) is 29.2 Å². The molecule has 4 heteroatoms. The lowest BCUT2D eigenvalue weighted by Gasteiger charge is -2.34. The number of pyridine rings is 1. The molecule has 0 saturated heterocycles. The summed E-state index contributed by atoms with van der Waals surface area (Å²) in [5, 5.41) is 3.11. The van der Waals surface area contributed by atoms with E-state index in [1.807, 2.05) is 78.9 Å². The van der Waals surface area contributed by atoms with Crippen LogP contribution in [0.2, 0.25) is 0 Å². The highest BCUT2D eigenvalue weighted by Crippen LogP contribution is 2.37. The molecule has 1 aromatic heterocycles. The minimum Gasteiger partial charge on any atom is -0.473 e. The van der Waals surface area contributed by atoms with E-state index in [2.05, 4.69) is 29.0 Å². The lowest BCUT2D eigenvalue weighted by Crippen LogP contribution is -2.43. The number of anilines is 1. The molecule has 1 amide bonds. The first-order valence-electron chi connectivity index (χ1n) is 10.9. The van der Waals surface area contributed by atoms with Gasteiger partial charge in [-0.25, -0.2) is 4.98 Å². The number of amides is 1. The molecule has 4 rings (SSSR count). The molecule has 0 saturated carbocycles. The van der Waals surface area contributed by atoms with Crippen molar-refractivity contribution < 1.29 is 9.53 Å². The second kappa shape index (κ2) is 10.4. The van der Waals surface area contributed by atoms with E-state index in [4.69, 9.17) is 4.74 Å². The molecule has 0 aliphatic heterocycles. The monoisotopic (exact) mass is 434 g/mol. The summed E-state index contributed by atoms with van der Waals surface area (Å²) in [7, 11) is 0. The van der Waals surface area contributed by atoms with E-state index >= 15 is 0 Å². The summed E-state index contributed by atoms with van der Waals surface area (Å²) >= 11 is 0. The van der Waals surface area contributed by atoms with Gasteiger partial charge in [0, 0.05) is 6.07 Å². The highest BCUT2D eigenvalue weighted by atomic mass is 16.5. The molecule has 1 N–H and O–H groups in total. The van der Waals surface area contributed by atoms with Gasteiger partial charge in [-0.2, -0.15) is 0 Å². The van der Waals surface area contributed by atoms with E-state index in [9.17, 15) is 4.79 Å². The lowest BCUT2D eigenvalue weighted by molar-refractivity contribution is -0.120. The Morgan fingerprint density at radius 1 is 0.848 bits per heavy atom. The van der Waals surface area contributed by atoms with Crippen molar-refractivity contribution in [2.75, 3.05) is 11.9 Å². The Labute approximate surface area is 194 Å². The number of hydrogen-bond donors (Lipinski definition) is 1.